The van der Waals surface area contributed by atoms with Gasteiger partial charge in [0, 0.05) is 50.0 Å². The average molecular weight is 386 g/mol. The van der Waals surface area contributed by atoms with Crippen LogP contribution in [0.1, 0.15) is 47.3 Å². The number of fused-ring (bicyclic) bond motifs is 1. The molecule has 4 rings (SSSR count). The molecule has 1 aliphatic carbocycles. The predicted molar refractivity (Wildman–Crippen MR) is 107 cm³/mol. The van der Waals surface area contributed by atoms with Crippen LogP contribution < -0.4 is 5.32 Å². The van der Waals surface area contributed by atoms with Crippen molar-refractivity contribution in [3.05, 3.63) is 41.1 Å². The first-order valence-corrected chi connectivity index (χ1v) is 10.5. The van der Waals surface area contributed by atoms with Crippen molar-refractivity contribution in [3.63, 3.8) is 0 Å². The van der Waals surface area contributed by atoms with Crippen molar-refractivity contribution in [1.29, 1.82) is 0 Å². The fourth-order valence-electron chi connectivity index (χ4n) is 4.25. The van der Waals surface area contributed by atoms with Crippen LogP contribution in [0.25, 0.3) is 0 Å². The minimum atomic E-state index is 0.103. The molecule has 1 fully saturated rings. The van der Waals surface area contributed by atoms with Gasteiger partial charge in [-0.3, -0.25) is 9.48 Å². The van der Waals surface area contributed by atoms with E-state index in [-0.39, 0.29) is 5.91 Å². The number of likely N-dealkylation sites (N-methyl/N-ethyl adjacent to an activating group) is 1. The molecule has 1 atom stereocenters. The van der Waals surface area contributed by atoms with Crippen LogP contribution in [0.3, 0.4) is 0 Å². The third kappa shape index (κ3) is 4.00. The summed E-state index contributed by atoms with van der Waals surface area (Å²) in [5.74, 6) is 1.05. The van der Waals surface area contributed by atoms with E-state index in [1.807, 2.05) is 17.0 Å². The van der Waals surface area contributed by atoms with Gasteiger partial charge in [-0.1, -0.05) is 6.92 Å². The number of rotatable bonds is 6. The van der Waals surface area contributed by atoms with Crippen LogP contribution in [0.15, 0.2) is 22.8 Å². The highest BCUT2D eigenvalue weighted by molar-refractivity contribution is 5.94. The number of nitrogens with zero attached hydrogens (tertiary/aromatic N) is 4. The van der Waals surface area contributed by atoms with Gasteiger partial charge < -0.3 is 19.5 Å². The fourth-order valence-corrected chi connectivity index (χ4v) is 4.25. The first-order valence-electron chi connectivity index (χ1n) is 10.5. The highest BCUT2D eigenvalue weighted by atomic mass is 16.3. The van der Waals surface area contributed by atoms with Gasteiger partial charge in [0.1, 0.15) is 5.76 Å². The number of piperazine rings is 1. The molecule has 7 heteroatoms. The number of amides is 1. The summed E-state index contributed by atoms with van der Waals surface area (Å²) < 4.78 is 7.52. The standard InChI is InChI=1S/C21H31N5O2/c1-3-8-26-19-7-6-16(22-15-17-5-4-13-28-17)14-18(19)20(23-26)21(27)25-11-9-24(2)10-12-25/h4-5,13,16,22H,3,6-12,14-15H2,1-2H3/t16-/m0/s1. The number of nitrogens with one attached hydrogen (secondary N) is 1. The summed E-state index contributed by atoms with van der Waals surface area (Å²) in [5, 5.41) is 8.38. The molecule has 0 aromatic carbocycles. The van der Waals surface area contributed by atoms with Gasteiger partial charge in [-0.2, -0.15) is 5.10 Å². The van der Waals surface area contributed by atoms with Crippen LogP contribution in [0.4, 0.5) is 0 Å². The highest BCUT2D eigenvalue weighted by Gasteiger charge is 2.31. The molecule has 7 nitrogen and oxygen atoms in total. The molecule has 1 saturated heterocycles. The number of hydrogen-bond acceptors (Lipinski definition) is 5. The lowest BCUT2D eigenvalue weighted by molar-refractivity contribution is 0.0656. The number of aromatic nitrogens is 2. The quantitative estimate of drug-likeness (QED) is 0.823. The maximum absolute atomic E-state index is 13.2. The van der Waals surface area contributed by atoms with Crippen molar-refractivity contribution in [3.8, 4) is 0 Å². The van der Waals surface area contributed by atoms with Gasteiger partial charge in [0.2, 0.25) is 0 Å². The lowest BCUT2D eigenvalue weighted by atomic mass is 9.91. The van der Waals surface area contributed by atoms with E-state index in [9.17, 15) is 4.79 Å². The van der Waals surface area contributed by atoms with Crippen molar-refractivity contribution >= 4 is 5.91 Å². The molecule has 152 valence electrons. The molecule has 2 aromatic heterocycles. The first kappa shape index (κ1) is 19.2. The Labute approximate surface area is 166 Å². The Balaban J connectivity index is 1.52. The maximum Gasteiger partial charge on any atom is 0.274 e. The zero-order chi connectivity index (χ0) is 19.5. The van der Waals surface area contributed by atoms with E-state index >= 15 is 0 Å². The Morgan fingerprint density at radius 2 is 2.14 bits per heavy atom. The van der Waals surface area contributed by atoms with Crippen LogP contribution >= 0.6 is 0 Å². The molecule has 1 amide bonds. The van der Waals surface area contributed by atoms with Crippen LogP contribution in [0, 0.1) is 0 Å². The number of furan rings is 1. The van der Waals surface area contributed by atoms with Crippen molar-refractivity contribution in [1.82, 2.24) is 24.9 Å². The molecular weight excluding hydrogens is 354 g/mol. The smallest absolute Gasteiger partial charge is 0.274 e. The average Bonchev–Trinajstić information content (AvgIpc) is 3.35. The number of hydrogen-bond donors (Lipinski definition) is 1. The molecule has 3 heterocycles. The number of carbonyl (C=O) groups excluding carboxylic acids is 1. The normalized spacial score (nSPS) is 20.4. The molecular formula is C21H31N5O2. The summed E-state index contributed by atoms with van der Waals surface area (Å²) >= 11 is 0. The second-order valence-electron chi connectivity index (χ2n) is 7.99. The van der Waals surface area contributed by atoms with Crippen molar-refractivity contribution in [2.45, 2.75) is 51.7 Å². The molecule has 1 N–H and O–H groups in total. The van der Waals surface area contributed by atoms with Crippen LogP contribution in [0.2, 0.25) is 0 Å². The molecule has 0 radical (unpaired) electrons. The fraction of sp³-hybridized carbons (Fsp3) is 0.619. The Kier molecular flexibility index (Phi) is 5.82. The summed E-state index contributed by atoms with van der Waals surface area (Å²) in [6.45, 7) is 7.18. The van der Waals surface area contributed by atoms with E-state index < -0.39 is 0 Å². The maximum atomic E-state index is 13.2. The zero-order valence-electron chi connectivity index (χ0n) is 17.0. The molecule has 0 unspecified atom stereocenters. The third-order valence-electron chi connectivity index (χ3n) is 5.92. The largest absolute Gasteiger partial charge is 0.468 e. The van der Waals surface area contributed by atoms with Crippen molar-refractivity contribution < 1.29 is 9.21 Å². The van der Waals surface area contributed by atoms with Gasteiger partial charge in [0.15, 0.2) is 5.69 Å². The molecule has 28 heavy (non-hydrogen) atoms. The first-order chi connectivity index (χ1) is 13.7. The predicted octanol–water partition coefficient (Wildman–Crippen LogP) is 1.92. The molecule has 0 saturated carbocycles. The van der Waals surface area contributed by atoms with Gasteiger partial charge in [-0.05, 0) is 44.9 Å². The van der Waals surface area contributed by atoms with Gasteiger partial charge in [0.25, 0.3) is 5.91 Å². The Bertz CT molecular complexity index is 790. The van der Waals surface area contributed by atoms with Crippen molar-refractivity contribution in [2.24, 2.45) is 0 Å². The van der Waals surface area contributed by atoms with Crippen molar-refractivity contribution in [2.75, 3.05) is 33.2 Å². The van der Waals surface area contributed by atoms with Gasteiger partial charge in [-0.25, -0.2) is 0 Å². The van der Waals surface area contributed by atoms with Gasteiger partial charge >= 0.3 is 0 Å². The minimum absolute atomic E-state index is 0.103. The summed E-state index contributed by atoms with van der Waals surface area (Å²) in [7, 11) is 2.11. The number of carbonyl (C=O) groups is 1. The molecule has 2 aromatic rings. The van der Waals surface area contributed by atoms with E-state index in [1.165, 1.54) is 5.69 Å². The monoisotopic (exact) mass is 385 g/mol. The zero-order valence-corrected chi connectivity index (χ0v) is 17.0. The van der Waals surface area contributed by atoms with Crippen LogP contribution in [0.5, 0.6) is 0 Å². The second kappa shape index (κ2) is 8.49. The summed E-state index contributed by atoms with van der Waals surface area (Å²) in [4.78, 5) is 17.5. The van der Waals surface area contributed by atoms with E-state index in [1.54, 1.807) is 6.26 Å². The van der Waals surface area contributed by atoms with Crippen LogP contribution in [-0.2, 0) is 25.9 Å². The Morgan fingerprint density at radius 3 is 2.86 bits per heavy atom. The van der Waals surface area contributed by atoms with E-state index in [4.69, 9.17) is 9.52 Å². The van der Waals surface area contributed by atoms with Gasteiger partial charge in [-0.15, -0.1) is 0 Å². The molecule has 0 bridgehead atoms. The highest BCUT2D eigenvalue weighted by Crippen LogP contribution is 2.27. The number of aryl methyl sites for hydroxylation is 1. The molecule has 2 aliphatic rings. The minimum Gasteiger partial charge on any atom is -0.468 e. The second-order valence-corrected chi connectivity index (χ2v) is 7.99. The summed E-state index contributed by atoms with van der Waals surface area (Å²) in [6.07, 6.45) is 5.61. The van der Waals surface area contributed by atoms with Crippen LogP contribution in [-0.4, -0.2) is 64.8 Å². The Morgan fingerprint density at radius 1 is 1.32 bits per heavy atom. The lowest BCUT2D eigenvalue weighted by Crippen LogP contribution is -2.47. The van der Waals surface area contributed by atoms with E-state index in [2.05, 4.69) is 28.9 Å². The van der Waals surface area contributed by atoms with E-state index in [0.29, 0.717) is 11.7 Å². The summed E-state index contributed by atoms with van der Waals surface area (Å²) in [6, 6.07) is 4.25. The third-order valence-corrected chi connectivity index (χ3v) is 5.92. The Hall–Kier alpha value is -2.12. The summed E-state index contributed by atoms with van der Waals surface area (Å²) in [5.41, 5.74) is 3.09. The molecule has 1 aliphatic heterocycles. The van der Waals surface area contributed by atoms with E-state index in [0.717, 1.165) is 76.3 Å². The SMILES string of the molecule is CCCn1nc(C(=O)N2CCN(C)CC2)c2c1CC[C@H](NCc1ccco1)C2. The lowest BCUT2D eigenvalue weighted by Gasteiger charge is -2.32. The topological polar surface area (TPSA) is 66.5 Å². The molecule has 0 spiro atoms. The van der Waals surface area contributed by atoms with Gasteiger partial charge in [0.05, 0.1) is 12.8 Å².